The minimum absolute atomic E-state index is 0.143. The monoisotopic (exact) mass is 501 g/mol. The van der Waals surface area contributed by atoms with Crippen molar-refractivity contribution in [3.63, 3.8) is 0 Å². The van der Waals surface area contributed by atoms with E-state index < -0.39 is 5.97 Å². The van der Waals surface area contributed by atoms with Crippen LogP contribution in [0.4, 0.5) is 0 Å². The van der Waals surface area contributed by atoms with Gasteiger partial charge < -0.3 is 10.4 Å². The zero-order valence-electron chi connectivity index (χ0n) is 21.0. The van der Waals surface area contributed by atoms with E-state index in [-0.39, 0.29) is 12.3 Å². The molecule has 2 N–H and O–H groups in total. The molecule has 0 fully saturated rings. The molecule has 2 aromatic heterocycles. The summed E-state index contributed by atoms with van der Waals surface area (Å²) < 4.78 is 4.46. The molecule has 2 heterocycles. The van der Waals surface area contributed by atoms with E-state index in [4.69, 9.17) is 5.11 Å². The van der Waals surface area contributed by atoms with Crippen LogP contribution in [0.1, 0.15) is 77.0 Å². The molecule has 0 unspecified atom stereocenters. The van der Waals surface area contributed by atoms with E-state index in [2.05, 4.69) is 76.1 Å². The molecule has 0 atom stereocenters. The first-order valence-corrected chi connectivity index (χ1v) is 13.8. The van der Waals surface area contributed by atoms with Crippen LogP contribution >= 0.6 is 12.6 Å². The number of pyridine rings is 2. The zero-order valence-corrected chi connectivity index (χ0v) is 21.9. The van der Waals surface area contributed by atoms with E-state index in [0.29, 0.717) is 18.7 Å². The summed E-state index contributed by atoms with van der Waals surface area (Å²) in [5, 5.41) is 11.5. The number of nitrogens with one attached hydrogen (secondary N) is 1. The summed E-state index contributed by atoms with van der Waals surface area (Å²) in [5.74, 6) is 0.140. The maximum Gasteiger partial charge on any atom is 0.303 e. The molecule has 0 radical (unpaired) electrons. The maximum atomic E-state index is 11.6. The Kier molecular flexibility index (Phi) is 14.8. The molecule has 1 amide bonds. The van der Waals surface area contributed by atoms with E-state index in [1.54, 1.807) is 0 Å². The zero-order chi connectivity index (χ0) is 25.1. The fourth-order valence-electron chi connectivity index (χ4n) is 4.09. The van der Waals surface area contributed by atoms with Crippen molar-refractivity contribution in [3.05, 3.63) is 49.1 Å². The number of carboxylic acid groups (broad SMARTS) is 1. The smallest absolute Gasteiger partial charge is 0.303 e. The number of unbranched alkanes of at least 4 members (excludes halogenated alkanes) is 8. The number of amides is 1. The molecule has 0 aliphatic carbocycles. The van der Waals surface area contributed by atoms with Gasteiger partial charge in [-0.25, -0.2) is 9.13 Å². The normalized spacial score (nSPS) is 10.9. The molecular formula is C28H43N3O3S+2. The van der Waals surface area contributed by atoms with Gasteiger partial charge in [0.25, 0.3) is 0 Å². The van der Waals surface area contributed by atoms with Gasteiger partial charge in [-0.3, -0.25) is 9.59 Å². The molecule has 0 aliphatic heterocycles. The fraction of sp³-hybridized carbons (Fsp3) is 0.571. The highest BCUT2D eigenvalue weighted by molar-refractivity contribution is 7.80. The molecule has 6 nitrogen and oxygen atoms in total. The van der Waals surface area contributed by atoms with E-state index in [9.17, 15) is 9.59 Å². The number of aryl methyl sites for hydroxylation is 2. The van der Waals surface area contributed by atoms with Gasteiger partial charge in [0, 0.05) is 62.2 Å². The van der Waals surface area contributed by atoms with Crippen LogP contribution in [0.25, 0.3) is 11.1 Å². The second-order valence-corrected chi connectivity index (χ2v) is 9.60. The van der Waals surface area contributed by atoms with Gasteiger partial charge in [0.2, 0.25) is 5.91 Å². The lowest BCUT2D eigenvalue weighted by atomic mass is 10.1. The van der Waals surface area contributed by atoms with E-state index in [1.807, 2.05) is 0 Å². The van der Waals surface area contributed by atoms with Gasteiger partial charge in [-0.05, 0) is 36.8 Å². The summed E-state index contributed by atoms with van der Waals surface area (Å²) in [6.07, 6.45) is 20.3. The number of hydrogen-bond donors (Lipinski definition) is 3. The average molecular weight is 502 g/mol. The van der Waals surface area contributed by atoms with Crippen LogP contribution in [0.5, 0.6) is 0 Å². The number of carboxylic acids is 1. The van der Waals surface area contributed by atoms with Crippen LogP contribution in [-0.4, -0.2) is 29.3 Å². The van der Waals surface area contributed by atoms with Crippen molar-refractivity contribution in [2.45, 2.75) is 90.1 Å². The Morgan fingerprint density at radius 3 is 1.57 bits per heavy atom. The topological polar surface area (TPSA) is 74.2 Å². The summed E-state index contributed by atoms with van der Waals surface area (Å²) in [5.41, 5.74) is 2.45. The Labute approximate surface area is 216 Å². The highest BCUT2D eigenvalue weighted by Gasteiger charge is 2.06. The Morgan fingerprint density at radius 2 is 1.11 bits per heavy atom. The van der Waals surface area contributed by atoms with Crippen molar-refractivity contribution in [2.24, 2.45) is 0 Å². The SMILES string of the molecule is O=C(O)CCCCCCC[n+]1ccc(-c2cc[n+](CCCCCCCC(=O)NCCS)cc2)cc1. The quantitative estimate of drug-likeness (QED) is 0.148. The van der Waals surface area contributed by atoms with Crippen LogP contribution < -0.4 is 14.5 Å². The third kappa shape index (κ3) is 13.3. The summed E-state index contributed by atoms with van der Waals surface area (Å²) in [7, 11) is 0. The van der Waals surface area contributed by atoms with Crippen molar-refractivity contribution in [2.75, 3.05) is 12.3 Å². The van der Waals surface area contributed by atoms with Crippen molar-refractivity contribution in [1.82, 2.24) is 5.32 Å². The van der Waals surface area contributed by atoms with Crippen LogP contribution in [0, 0.1) is 0 Å². The summed E-state index contributed by atoms with van der Waals surface area (Å²) >= 11 is 4.10. The van der Waals surface area contributed by atoms with Gasteiger partial charge in [-0.15, -0.1) is 0 Å². The maximum absolute atomic E-state index is 11.6. The molecule has 2 aromatic rings. The molecule has 0 bridgehead atoms. The average Bonchev–Trinajstić information content (AvgIpc) is 2.87. The molecule has 0 aliphatic rings. The van der Waals surface area contributed by atoms with Gasteiger partial charge in [-0.1, -0.05) is 25.7 Å². The molecule has 192 valence electrons. The van der Waals surface area contributed by atoms with Crippen LogP contribution in [0.2, 0.25) is 0 Å². The first-order valence-electron chi connectivity index (χ1n) is 13.2. The molecule has 0 saturated carbocycles. The predicted octanol–water partition coefficient (Wildman–Crippen LogP) is 4.74. The second kappa shape index (κ2) is 17.9. The van der Waals surface area contributed by atoms with Gasteiger partial charge >= 0.3 is 5.97 Å². The van der Waals surface area contributed by atoms with Crippen molar-refractivity contribution in [3.8, 4) is 11.1 Å². The number of thiol groups is 1. The molecule has 0 aromatic carbocycles. The van der Waals surface area contributed by atoms with E-state index in [1.165, 1.54) is 24.0 Å². The Morgan fingerprint density at radius 1 is 0.686 bits per heavy atom. The molecular weight excluding hydrogens is 458 g/mol. The minimum atomic E-state index is -0.694. The van der Waals surface area contributed by atoms with Crippen molar-refractivity contribution < 1.29 is 23.8 Å². The highest BCUT2D eigenvalue weighted by Crippen LogP contribution is 2.16. The summed E-state index contributed by atoms with van der Waals surface area (Å²) in [4.78, 5) is 22.1. The van der Waals surface area contributed by atoms with Crippen LogP contribution in [0.3, 0.4) is 0 Å². The molecule has 2 rings (SSSR count). The number of hydrogen-bond acceptors (Lipinski definition) is 3. The number of rotatable bonds is 19. The number of aromatic nitrogens is 2. The largest absolute Gasteiger partial charge is 0.481 e. The Hall–Kier alpha value is -2.41. The summed E-state index contributed by atoms with van der Waals surface area (Å²) in [6, 6.07) is 8.71. The molecule has 0 saturated heterocycles. The fourth-order valence-corrected chi connectivity index (χ4v) is 4.20. The first kappa shape index (κ1) is 28.8. The van der Waals surface area contributed by atoms with Crippen LogP contribution in [-0.2, 0) is 22.7 Å². The minimum Gasteiger partial charge on any atom is -0.481 e. The van der Waals surface area contributed by atoms with Gasteiger partial charge in [-0.2, -0.15) is 12.6 Å². The van der Waals surface area contributed by atoms with Gasteiger partial charge in [0.05, 0.1) is 0 Å². The van der Waals surface area contributed by atoms with Crippen molar-refractivity contribution >= 4 is 24.5 Å². The second-order valence-electron chi connectivity index (χ2n) is 9.15. The number of nitrogens with zero attached hydrogens (tertiary/aromatic N) is 2. The van der Waals surface area contributed by atoms with E-state index in [0.717, 1.165) is 64.5 Å². The van der Waals surface area contributed by atoms with Crippen LogP contribution in [0.15, 0.2) is 49.1 Å². The van der Waals surface area contributed by atoms with Crippen molar-refractivity contribution in [1.29, 1.82) is 0 Å². The lowest BCUT2D eigenvalue weighted by Gasteiger charge is -2.04. The third-order valence-electron chi connectivity index (χ3n) is 6.18. The van der Waals surface area contributed by atoms with E-state index >= 15 is 0 Å². The lowest BCUT2D eigenvalue weighted by Crippen LogP contribution is -2.33. The number of carbonyl (C=O) groups excluding carboxylic acids is 1. The Bertz CT molecular complexity index is 857. The lowest BCUT2D eigenvalue weighted by molar-refractivity contribution is -0.697. The molecule has 0 spiro atoms. The molecule has 35 heavy (non-hydrogen) atoms. The standard InChI is InChI=1S/C28H41N3O3S/c32-27(29-17-24-35)11-7-3-1-5-9-18-30-20-13-25(14-21-30)26-15-22-31(23-16-26)19-10-6-2-4-8-12-28(33)34/h13-16,20-23H,1-12,17-19,24H2,(H-2,29,32,33,34,35)/p+2. The third-order valence-corrected chi connectivity index (χ3v) is 6.40. The first-order chi connectivity index (χ1) is 17.1. The predicted molar refractivity (Wildman–Crippen MR) is 142 cm³/mol. The molecule has 7 heteroatoms. The van der Waals surface area contributed by atoms with Gasteiger partial charge in [0.15, 0.2) is 24.8 Å². The number of carbonyl (C=O) groups is 2. The summed E-state index contributed by atoms with van der Waals surface area (Å²) in [6.45, 7) is 2.67. The number of aliphatic carboxylic acids is 1. The van der Waals surface area contributed by atoms with Gasteiger partial charge in [0.1, 0.15) is 13.1 Å². The Balaban J connectivity index is 1.59. The highest BCUT2D eigenvalue weighted by atomic mass is 32.1.